The van der Waals surface area contributed by atoms with Crippen molar-refractivity contribution >= 4 is 33.4 Å². The number of fused-ring (bicyclic) bond motifs is 3. The zero-order chi connectivity index (χ0) is 31.7. The summed E-state index contributed by atoms with van der Waals surface area (Å²) in [6.07, 6.45) is 9.21. The van der Waals surface area contributed by atoms with Gasteiger partial charge in [0.1, 0.15) is 0 Å². The van der Waals surface area contributed by atoms with E-state index in [1.165, 1.54) is 44.2 Å². The highest BCUT2D eigenvalue weighted by Crippen LogP contribution is 2.49. The molecule has 6 aromatic carbocycles. The zero-order valence-corrected chi connectivity index (χ0v) is 26.1. The number of nitrogens with zero attached hydrogens (tertiary/aromatic N) is 2. The molecule has 1 aliphatic rings. The molecule has 0 bridgehead atoms. The Morgan fingerprint density at radius 2 is 1.28 bits per heavy atom. The van der Waals surface area contributed by atoms with E-state index in [-0.39, 0.29) is 0 Å². The molecule has 47 heavy (non-hydrogen) atoms. The van der Waals surface area contributed by atoms with Gasteiger partial charge in [-0.05, 0) is 129 Å². The summed E-state index contributed by atoms with van der Waals surface area (Å²) < 4.78 is 0. The number of benzene rings is 6. The third-order valence-electron chi connectivity index (χ3n) is 9.08. The maximum absolute atomic E-state index is 5.69. The average molecular weight is 604 g/mol. The van der Waals surface area contributed by atoms with Gasteiger partial charge in [0.15, 0.2) is 0 Å². The van der Waals surface area contributed by atoms with Crippen molar-refractivity contribution in [2.24, 2.45) is 5.73 Å². The van der Waals surface area contributed by atoms with Crippen molar-refractivity contribution in [2.75, 3.05) is 4.90 Å². The van der Waals surface area contributed by atoms with E-state index >= 15 is 0 Å². The van der Waals surface area contributed by atoms with Gasteiger partial charge in [0, 0.05) is 35.0 Å². The summed E-state index contributed by atoms with van der Waals surface area (Å²) in [4.78, 5) is 6.73. The summed E-state index contributed by atoms with van der Waals surface area (Å²) in [6.45, 7) is 2.12. The predicted octanol–water partition coefficient (Wildman–Crippen LogP) is 11.6. The van der Waals surface area contributed by atoms with Crippen LogP contribution in [-0.4, -0.2) is 4.98 Å². The second kappa shape index (κ2) is 12.0. The maximum atomic E-state index is 5.69. The average Bonchev–Trinajstić information content (AvgIpc) is 3.47. The molecule has 224 valence electrons. The van der Waals surface area contributed by atoms with E-state index in [1.54, 1.807) is 6.20 Å². The van der Waals surface area contributed by atoms with Gasteiger partial charge in [0.2, 0.25) is 0 Å². The van der Waals surface area contributed by atoms with Crippen LogP contribution in [0.3, 0.4) is 0 Å². The third-order valence-corrected chi connectivity index (χ3v) is 9.08. The van der Waals surface area contributed by atoms with Gasteiger partial charge in [-0.15, -0.1) is 0 Å². The Labute approximate surface area is 275 Å². The predicted molar refractivity (Wildman–Crippen MR) is 199 cm³/mol. The van der Waals surface area contributed by atoms with Crippen molar-refractivity contribution in [2.45, 2.75) is 6.92 Å². The number of hydrogen-bond donors (Lipinski definition) is 1. The van der Waals surface area contributed by atoms with E-state index in [0.29, 0.717) is 0 Å². The highest BCUT2D eigenvalue weighted by Gasteiger charge is 2.22. The van der Waals surface area contributed by atoms with Crippen molar-refractivity contribution in [3.05, 3.63) is 176 Å². The lowest BCUT2D eigenvalue weighted by Crippen LogP contribution is -2.10. The number of rotatable bonds is 7. The summed E-state index contributed by atoms with van der Waals surface area (Å²) in [7, 11) is 0. The Morgan fingerprint density at radius 3 is 2.02 bits per heavy atom. The van der Waals surface area contributed by atoms with Gasteiger partial charge in [-0.25, -0.2) is 0 Å². The molecule has 7 aromatic rings. The molecule has 0 atom stereocenters. The first-order chi connectivity index (χ1) is 23.2. The van der Waals surface area contributed by atoms with Crippen LogP contribution in [0.4, 0.5) is 17.1 Å². The molecule has 3 nitrogen and oxygen atoms in total. The summed E-state index contributed by atoms with van der Waals surface area (Å²) >= 11 is 0. The minimum Gasteiger partial charge on any atom is -0.405 e. The lowest BCUT2D eigenvalue weighted by molar-refractivity contribution is 1.27. The maximum Gasteiger partial charge on any atom is 0.0473 e. The Balaban J connectivity index is 1.25. The van der Waals surface area contributed by atoms with Gasteiger partial charge >= 0.3 is 0 Å². The molecule has 3 heteroatoms. The lowest BCUT2D eigenvalue weighted by Gasteiger charge is -2.27. The van der Waals surface area contributed by atoms with Gasteiger partial charge in [-0.3, -0.25) is 4.98 Å². The summed E-state index contributed by atoms with van der Waals surface area (Å²) in [5, 5.41) is 2.63. The molecule has 0 radical (unpaired) electrons. The van der Waals surface area contributed by atoms with E-state index in [1.807, 2.05) is 30.6 Å². The number of nitrogens with two attached hydrogens (primary N) is 1. The molecular weight excluding hydrogens is 571 g/mol. The van der Waals surface area contributed by atoms with Crippen molar-refractivity contribution in [3.8, 4) is 44.5 Å². The smallest absolute Gasteiger partial charge is 0.0473 e. The first-order valence-electron chi connectivity index (χ1n) is 15.9. The molecule has 1 aliphatic carbocycles. The van der Waals surface area contributed by atoms with Crippen LogP contribution in [0.25, 0.3) is 60.9 Å². The van der Waals surface area contributed by atoms with Crippen LogP contribution in [0.5, 0.6) is 0 Å². The monoisotopic (exact) mass is 603 g/mol. The van der Waals surface area contributed by atoms with Crippen LogP contribution in [0.2, 0.25) is 0 Å². The Morgan fingerprint density at radius 1 is 0.574 bits per heavy atom. The highest BCUT2D eigenvalue weighted by molar-refractivity contribution is 6.18. The second-order valence-electron chi connectivity index (χ2n) is 11.9. The molecule has 8 rings (SSSR count). The number of aromatic nitrogens is 1. The van der Waals surface area contributed by atoms with Crippen molar-refractivity contribution < 1.29 is 0 Å². The fraction of sp³-hybridized carbons (Fsp3) is 0.0227. The molecule has 0 saturated carbocycles. The fourth-order valence-electron chi connectivity index (χ4n) is 6.84. The minimum absolute atomic E-state index is 1.06. The number of allylic oxidation sites excluding steroid dienone is 3. The minimum atomic E-state index is 1.06. The molecule has 1 aromatic heterocycles. The van der Waals surface area contributed by atoms with Gasteiger partial charge in [0.05, 0.1) is 0 Å². The Hall–Kier alpha value is -6.19. The number of hydrogen-bond acceptors (Lipinski definition) is 3. The van der Waals surface area contributed by atoms with E-state index in [9.17, 15) is 0 Å². The molecule has 2 N–H and O–H groups in total. The van der Waals surface area contributed by atoms with E-state index < -0.39 is 0 Å². The Kier molecular flexibility index (Phi) is 7.20. The zero-order valence-electron chi connectivity index (χ0n) is 26.1. The van der Waals surface area contributed by atoms with Crippen LogP contribution in [0, 0.1) is 0 Å². The fourth-order valence-corrected chi connectivity index (χ4v) is 6.84. The highest BCUT2D eigenvalue weighted by atomic mass is 15.1. The Bertz CT molecular complexity index is 2270. The van der Waals surface area contributed by atoms with E-state index in [0.717, 1.165) is 39.3 Å². The molecule has 0 saturated heterocycles. The van der Waals surface area contributed by atoms with Crippen molar-refractivity contribution in [1.82, 2.24) is 4.98 Å². The quantitative estimate of drug-likeness (QED) is 0.184. The van der Waals surface area contributed by atoms with E-state index in [2.05, 4.69) is 150 Å². The van der Waals surface area contributed by atoms with E-state index in [4.69, 9.17) is 5.73 Å². The topological polar surface area (TPSA) is 42.1 Å². The van der Waals surface area contributed by atoms with Gasteiger partial charge in [0.25, 0.3) is 0 Å². The SMILES string of the molecule is C/C(=C\C=C/N)c1cc(-c2cccnc2)cc(N(c2ccccc2)c2ccc(-c3ccc4c5c(cccc35)-c3ccccc3-4)cc2)c1. The number of anilines is 3. The van der Waals surface area contributed by atoms with Gasteiger partial charge < -0.3 is 10.6 Å². The van der Waals surface area contributed by atoms with Crippen LogP contribution in [0.1, 0.15) is 12.5 Å². The first-order valence-corrected chi connectivity index (χ1v) is 15.9. The van der Waals surface area contributed by atoms with Crippen LogP contribution >= 0.6 is 0 Å². The molecule has 0 unspecified atom stereocenters. The molecule has 0 amide bonds. The van der Waals surface area contributed by atoms with Gasteiger partial charge in [-0.1, -0.05) is 97.1 Å². The molecule has 0 spiro atoms. The van der Waals surface area contributed by atoms with Crippen LogP contribution in [-0.2, 0) is 0 Å². The normalized spacial score (nSPS) is 12.1. The lowest BCUT2D eigenvalue weighted by atomic mass is 9.94. The van der Waals surface area contributed by atoms with Crippen molar-refractivity contribution in [3.63, 3.8) is 0 Å². The van der Waals surface area contributed by atoms with Crippen LogP contribution in [0.15, 0.2) is 170 Å². The van der Waals surface area contributed by atoms with Crippen LogP contribution < -0.4 is 10.6 Å². The first kappa shape index (κ1) is 28.3. The largest absolute Gasteiger partial charge is 0.405 e. The molecular formula is C44H33N3. The summed E-state index contributed by atoms with van der Waals surface area (Å²) in [6, 6.07) is 50.3. The molecule has 1 heterocycles. The molecule has 0 aliphatic heterocycles. The number of para-hydroxylation sites is 1. The third kappa shape index (κ3) is 5.08. The van der Waals surface area contributed by atoms with Gasteiger partial charge in [-0.2, -0.15) is 0 Å². The molecule has 0 fully saturated rings. The second-order valence-corrected chi connectivity index (χ2v) is 11.9. The number of pyridine rings is 1. The summed E-state index contributed by atoms with van der Waals surface area (Å²) in [5.41, 5.74) is 21.0. The standard InChI is InChI=1S/C44H33N3/c1-30(10-8-24-45)33-26-34(32-11-9-25-46-29-32)28-37(27-33)47(35-12-3-2-4-13-35)36-20-18-31(19-21-36)38-22-23-43-40-15-6-5-14-39(40)42-17-7-16-41(38)44(42)43/h2-29H,45H2,1H3/b24-8-,30-10+. The van der Waals surface area contributed by atoms with Crippen molar-refractivity contribution in [1.29, 1.82) is 0 Å². The summed E-state index contributed by atoms with van der Waals surface area (Å²) in [5.74, 6) is 0.